The second-order valence-electron chi connectivity index (χ2n) is 4.85. The van der Waals surface area contributed by atoms with Crippen molar-refractivity contribution in [3.8, 4) is 10.7 Å². The van der Waals surface area contributed by atoms with E-state index < -0.39 is 0 Å². The van der Waals surface area contributed by atoms with Crippen LogP contribution in [0.25, 0.3) is 10.7 Å². The summed E-state index contributed by atoms with van der Waals surface area (Å²) in [6.07, 6.45) is 0. The van der Waals surface area contributed by atoms with Gasteiger partial charge in [0, 0.05) is 0 Å². The summed E-state index contributed by atoms with van der Waals surface area (Å²) >= 11 is 3.08. The van der Waals surface area contributed by atoms with E-state index in [0.29, 0.717) is 12.3 Å². The highest BCUT2D eigenvalue weighted by molar-refractivity contribution is 7.99. The zero-order chi connectivity index (χ0) is 15.4. The molecule has 0 bridgehead atoms. The Balaban J connectivity index is 1.95. The second-order valence-corrected chi connectivity index (χ2v) is 6.74. The molecule has 6 heteroatoms. The molecule has 22 heavy (non-hydrogen) atoms. The van der Waals surface area contributed by atoms with Gasteiger partial charge >= 0.3 is 0 Å². The number of nitrogens with zero attached hydrogens (tertiary/aromatic N) is 3. The van der Waals surface area contributed by atoms with Crippen LogP contribution in [-0.4, -0.2) is 26.3 Å². The molecule has 0 unspecified atom stereocenters. The lowest BCUT2D eigenvalue weighted by atomic mass is 10.2. The molecule has 0 amide bonds. The molecule has 2 heterocycles. The van der Waals surface area contributed by atoms with Gasteiger partial charge in [0.1, 0.15) is 5.78 Å². The Morgan fingerprint density at radius 3 is 2.68 bits per heavy atom. The van der Waals surface area contributed by atoms with Gasteiger partial charge in [-0.3, -0.25) is 9.36 Å². The zero-order valence-corrected chi connectivity index (χ0v) is 13.7. The third-order valence-corrected chi connectivity index (χ3v) is 5.02. The van der Waals surface area contributed by atoms with Crippen molar-refractivity contribution < 1.29 is 4.79 Å². The third-order valence-electron chi connectivity index (χ3n) is 3.05. The number of rotatable bonds is 6. The van der Waals surface area contributed by atoms with Crippen LogP contribution in [0.4, 0.5) is 0 Å². The average Bonchev–Trinajstić information content (AvgIpc) is 3.16. The highest BCUT2D eigenvalue weighted by Crippen LogP contribution is 2.28. The van der Waals surface area contributed by atoms with Crippen LogP contribution in [0.5, 0.6) is 0 Å². The predicted molar refractivity (Wildman–Crippen MR) is 90.3 cm³/mol. The number of hydrogen-bond donors (Lipinski definition) is 0. The van der Waals surface area contributed by atoms with Crippen LogP contribution in [-0.2, 0) is 11.3 Å². The summed E-state index contributed by atoms with van der Waals surface area (Å²) in [5.41, 5.74) is 1.18. The number of Topliss-reactive ketones (excluding diaryl/α,β-unsaturated/α-hetero) is 1. The SMILES string of the molecule is CC(=O)CSc1nnc(-c2cccs2)n1Cc1ccccc1. The highest BCUT2D eigenvalue weighted by atomic mass is 32.2. The lowest BCUT2D eigenvalue weighted by Gasteiger charge is -2.09. The molecular weight excluding hydrogens is 314 g/mol. The fourth-order valence-electron chi connectivity index (χ4n) is 2.06. The van der Waals surface area contributed by atoms with E-state index in [1.807, 2.05) is 35.7 Å². The summed E-state index contributed by atoms with van der Waals surface area (Å²) in [5, 5.41) is 11.4. The second kappa shape index (κ2) is 6.89. The normalized spacial score (nSPS) is 10.8. The van der Waals surface area contributed by atoms with Crippen LogP contribution in [0.2, 0.25) is 0 Å². The summed E-state index contributed by atoms with van der Waals surface area (Å²) in [7, 11) is 0. The fourth-order valence-corrected chi connectivity index (χ4v) is 3.51. The first kappa shape index (κ1) is 15.0. The molecule has 0 atom stereocenters. The summed E-state index contributed by atoms with van der Waals surface area (Å²) in [5.74, 6) is 1.40. The lowest BCUT2D eigenvalue weighted by Crippen LogP contribution is -2.05. The van der Waals surface area contributed by atoms with Crippen molar-refractivity contribution in [1.29, 1.82) is 0 Å². The van der Waals surface area contributed by atoms with Crippen molar-refractivity contribution in [2.75, 3.05) is 5.75 Å². The summed E-state index contributed by atoms with van der Waals surface area (Å²) < 4.78 is 2.08. The minimum absolute atomic E-state index is 0.136. The molecule has 1 aromatic carbocycles. The van der Waals surface area contributed by atoms with E-state index in [1.165, 1.54) is 17.3 Å². The number of thioether (sulfide) groups is 1. The van der Waals surface area contributed by atoms with Gasteiger partial charge in [0.05, 0.1) is 17.2 Å². The number of carbonyl (C=O) groups excluding carboxylic acids is 1. The van der Waals surface area contributed by atoms with Crippen LogP contribution >= 0.6 is 23.1 Å². The van der Waals surface area contributed by atoms with Crippen molar-refractivity contribution in [2.45, 2.75) is 18.6 Å². The molecule has 0 fully saturated rings. The van der Waals surface area contributed by atoms with Gasteiger partial charge in [-0.1, -0.05) is 48.2 Å². The molecule has 3 rings (SSSR count). The molecular formula is C16H15N3OS2. The Morgan fingerprint density at radius 1 is 1.18 bits per heavy atom. The van der Waals surface area contributed by atoms with Crippen LogP contribution in [0, 0.1) is 0 Å². The molecule has 0 spiro atoms. The Morgan fingerprint density at radius 2 is 2.00 bits per heavy atom. The lowest BCUT2D eigenvalue weighted by molar-refractivity contribution is -0.114. The molecule has 0 saturated heterocycles. The summed E-state index contributed by atoms with van der Waals surface area (Å²) in [6.45, 7) is 2.28. The van der Waals surface area contributed by atoms with Crippen LogP contribution in [0.3, 0.4) is 0 Å². The first-order valence-corrected chi connectivity index (χ1v) is 8.74. The third kappa shape index (κ3) is 3.45. The highest BCUT2D eigenvalue weighted by Gasteiger charge is 2.15. The van der Waals surface area contributed by atoms with Crippen molar-refractivity contribution in [2.24, 2.45) is 0 Å². The average molecular weight is 329 g/mol. The largest absolute Gasteiger partial charge is 0.299 e. The van der Waals surface area contributed by atoms with E-state index in [9.17, 15) is 4.79 Å². The minimum Gasteiger partial charge on any atom is -0.299 e. The maximum Gasteiger partial charge on any atom is 0.192 e. The van der Waals surface area contributed by atoms with Gasteiger partial charge in [-0.15, -0.1) is 21.5 Å². The molecule has 0 radical (unpaired) electrons. The maximum absolute atomic E-state index is 11.2. The first-order chi connectivity index (χ1) is 10.7. The molecule has 4 nitrogen and oxygen atoms in total. The maximum atomic E-state index is 11.2. The zero-order valence-electron chi connectivity index (χ0n) is 12.1. The van der Waals surface area contributed by atoms with Crippen LogP contribution in [0.1, 0.15) is 12.5 Å². The van der Waals surface area contributed by atoms with Gasteiger partial charge in [-0.2, -0.15) is 0 Å². The van der Waals surface area contributed by atoms with E-state index in [4.69, 9.17) is 0 Å². The van der Waals surface area contributed by atoms with Gasteiger partial charge < -0.3 is 0 Å². The smallest absolute Gasteiger partial charge is 0.192 e. The number of benzene rings is 1. The Bertz CT molecular complexity index is 751. The van der Waals surface area contributed by atoms with Gasteiger partial charge in [0.2, 0.25) is 0 Å². The molecule has 0 aliphatic heterocycles. The van der Waals surface area contributed by atoms with E-state index in [1.54, 1.807) is 18.3 Å². The molecule has 112 valence electrons. The van der Waals surface area contributed by atoms with E-state index in [2.05, 4.69) is 26.9 Å². The quantitative estimate of drug-likeness (QED) is 0.647. The number of hydrogen-bond acceptors (Lipinski definition) is 5. The van der Waals surface area contributed by atoms with E-state index in [-0.39, 0.29) is 5.78 Å². The minimum atomic E-state index is 0.136. The van der Waals surface area contributed by atoms with Crippen molar-refractivity contribution in [3.63, 3.8) is 0 Å². The summed E-state index contributed by atoms with van der Waals surface area (Å²) in [6, 6.07) is 14.2. The topological polar surface area (TPSA) is 47.8 Å². The molecule has 3 aromatic rings. The Kier molecular flexibility index (Phi) is 4.70. The number of carbonyl (C=O) groups is 1. The Labute approximate surface area is 137 Å². The molecule has 2 aromatic heterocycles. The predicted octanol–water partition coefficient (Wildman–Crippen LogP) is 3.74. The molecule has 0 aliphatic rings. The van der Waals surface area contributed by atoms with Gasteiger partial charge in [-0.05, 0) is 23.9 Å². The standard InChI is InChI=1S/C16H15N3OS2/c1-12(20)11-22-16-18-17-15(14-8-5-9-21-14)19(16)10-13-6-3-2-4-7-13/h2-9H,10-11H2,1H3. The van der Waals surface area contributed by atoms with Crippen molar-refractivity contribution >= 4 is 28.9 Å². The number of thiophene rings is 1. The van der Waals surface area contributed by atoms with Gasteiger partial charge in [0.25, 0.3) is 0 Å². The fraction of sp³-hybridized carbons (Fsp3) is 0.188. The Hall–Kier alpha value is -1.92. The van der Waals surface area contributed by atoms with Gasteiger partial charge in [0.15, 0.2) is 11.0 Å². The molecule has 0 aliphatic carbocycles. The first-order valence-electron chi connectivity index (χ1n) is 6.87. The summed E-state index contributed by atoms with van der Waals surface area (Å²) in [4.78, 5) is 12.3. The van der Waals surface area contributed by atoms with Crippen LogP contribution < -0.4 is 0 Å². The van der Waals surface area contributed by atoms with E-state index in [0.717, 1.165) is 15.9 Å². The monoisotopic (exact) mass is 329 g/mol. The van der Waals surface area contributed by atoms with E-state index >= 15 is 0 Å². The van der Waals surface area contributed by atoms with Gasteiger partial charge in [-0.25, -0.2) is 0 Å². The molecule has 0 N–H and O–H groups in total. The molecule has 0 saturated carbocycles. The van der Waals surface area contributed by atoms with Crippen molar-refractivity contribution in [1.82, 2.24) is 14.8 Å². The number of aromatic nitrogens is 3. The van der Waals surface area contributed by atoms with Crippen LogP contribution in [0.15, 0.2) is 53.0 Å². The van der Waals surface area contributed by atoms with Crippen molar-refractivity contribution in [3.05, 3.63) is 53.4 Å². The number of ketones is 1.